The molecule has 0 aliphatic carbocycles. The van der Waals surface area contributed by atoms with Crippen LogP contribution in [0.3, 0.4) is 0 Å². The molecule has 2 heteroatoms. The van der Waals surface area contributed by atoms with Gasteiger partial charge in [0.2, 0.25) is 0 Å². The summed E-state index contributed by atoms with van der Waals surface area (Å²) in [6, 6.07) is 2.38. The SMILES string of the molecule is C#CCC(C)NCCC#N. The Kier molecular flexibility index (Phi) is 5.53. The third-order valence-electron chi connectivity index (χ3n) is 1.15. The number of hydrogen-bond acceptors (Lipinski definition) is 2. The van der Waals surface area contributed by atoms with Gasteiger partial charge in [-0.05, 0) is 6.92 Å². The maximum atomic E-state index is 8.18. The topological polar surface area (TPSA) is 35.8 Å². The van der Waals surface area contributed by atoms with Crippen molar-refractivity contribution < 1.29 is 0 Å². The zero-order valence-electron chi connectivity index (χ0n) is 6.22. The van der Waals surface area contributed by atoms with Crippen molar-refractivity contribution in [2.75, 3.05) is 6.54 Å². The van der Waals surface area contributed by atoms with Crippen LogP contribution in [0, 0.1) is 23.7 Å². The lowest BCUT2D eigenvalue weighted by molar-refractivity contribution is 0.567. The molecule has 54 valence electrons. The Bertz CT molecular complexity index is 150. The molecule has 0 amide bonds. The molecule has 0 fully saturated rings. The van der Waals surface area contributed by atoms with E-state index in [1.165, 1.54) is 0 Å². The van der Waals surface area contributed by atoms with Gasteiger partial charge in [-0.2, -0.15) is 5.26 Å². The van der Waals surface area contributed by atoms with Gasteiger partial charge in [0.1, 0.15) is 0 Å². The van der Waals surface area contributed by atoms with E-state index in [1.807, 2.05) is 6.92 Å². The molecule has 0 rings (SSSR count). The first-order chi connectivity index (χ1) is 4.81. The van der Waals surface area contributed by atoms with E-state index in [0.29, 0.717) is 12.5 Å². The Hall–Kier alpha value is -0.990. The van der Waals surface area contributed by atoms with Crippen LogP contribution in [0.1, 0.15) is 19.8 Å². The lowest BCUT2D eigenvalue weighted by Gasteiger charge is -2.07. The average molecular weight is 136 g/mol. The highest BCUT2D eigenvalue weighted by Crippen LogP contribution is 1.86. The fourth-order valence-electron chi connectivity index (χ4n) is 0.623. The molecule has 0 aromatic rings. The van der Waals surface area contributed by atoms with Crippen LogP contribution < -0.4 is 5.32 Å². The molecule has 0 radical (unpaired) electrons. The first kappa shape index (κ1) is 9.01. The summed E-state index contributed by atoms with van der Waals surface area (Å²) in [7, 11) is 0. The molecule has 10 heavy (non-hydrogen) atoms. The minimum Gasteiger partial charge on any atom is -0.312 e. The monoisotopic (exact) mass is 136 g/mol. The summed E-state index contributed by atoms with van der Waals surface area (Å²) >= 11 is 0. The van der Waals surface area contributed by atoms with Crippen LogP contribution in [0.25, 0.3) is 0 Å². The fraction of sp³-hybridized carbons (Fsp3) is 0.625. The highest BCUT2D eigenvalue weighted by atomic mass is 14.9. The maximum Gasteiger partial charge on any atom is 0.0635 e. The largest absolute Gasteiger partial charge is 0.312 e. The molecule has 0 aliphatic heterocycles. The second kappa shape index (κ2) is 6.13. The third-order valence-corrected chi connectivity index (χ3v) is 1.15. The molecule has 1 N–H and O–H groups in total. The zero-order valence-corrected chi connectivity index (χ0v) is 6.22. The van der Waals surface area contributed by atoms with Crippen LogP contribution in [0.15, 0.2) is 0 Å². The van der Waals surface area contributed by atoms with E-state index in [4.69, 9.17) is 11.7 Å². The molecule has 0 saturated heterocycles. The van der Waals surface area contributed by atoms with Crippen LogP contribution in [0.2, 0.25) is 0 Å². The van der Waals surface area contributed by atoms with Crippen LogP contribution >= 0.6 is 0 Å². The van der Waals surface area contributed by atoms with Gasteiger partial charge in [0.05, 0.1) is 6.07 Å². The summed E-state index contributed by atoms with van der Waals surface area (Å²) in [6.07, 6.45) is 6.36. The van der Waals surface area contributed by atoms with E-state index in [0.717, 1.165) is 13.0 Å². The number of nitrogens with zero attached hydrogens (tertiary/aromatic N) is 1. The van der Waals surface area contributed by atoms with Gasteiger partial charge in [0, 0.05) is 25.4 Å². The van der Waals surface area contributed by atoms with Gasteiger partial charge in [-0.3, -0.25) is 0 Å². The molecule has 1 unspecified atom stereocenters. The van der Waals surface area contributed by atoms with Crippen LogP contribution in [0.4, 0.5) is 0 Å². The van der Waals surface area contributed by atoms with Crippen molar-refractivity contribution in [3.05, 3.63) is 0 Å². The Morgan fingerprint density at radius 1 is 1.70 bits per heavy atom. The highest BCUT2D eigenvalue weighted by molar-refractivity contribution is 4.88. The second-order valence-electron chi connectivity index (χ2n) is 2.17. The summed E-state index contributed by atoms with van der Waals surface area (Å²) in [6.45, 7) is 2.75. The number of rotatable bonds is 4. The van der Waals surface area contributed by atoms with Crippen molar-refractivity contribution in [3.8, 4) is 18.4 Å². The van der Waals surface area contributed by atoms with E-state index in [9.17, 15) is 0 Å². The fourth-order valence-corrected chi connectivity index (χ4v) is 0.623. The summed E-state index contributed by atoms with van der Waals surface area (Å²) < 4.78 is 0. The van der Waals surface area contributed by atoms with Gasteiger partial charge >= 0.3 is 0 Å². The molecule has 0 saturated carbocycles. The van der Waals surface area contributed by atoms with Crippen molar-refractivity contribution >= 4 is 0 Å². The Morgan fingerprint density at radius 3 is 2.90 bits per heavy atom. The number of nitriles is 1. The maximum absolute atomic E-state index is 8.18. The minimum absolute atomic E-state index is 0.332. The van der Waals surface area contributed by atoms with Gasteiger partial charge < -0.3 is 5.32 Å². The van der Waals surface area contributed by atoms with Gasteiger partial charge in [-0.15, -0.1) is 12.3 Å². The first-order valence-electron chi connectivity index (χ1n) is 3.35. The Labute approximate surface area is 62.2 Å². The van der Waals surface area contributed by atoms with E-state index in [1.54, 1.807) is 0 Å². The van der Waals surface area contributed by atoms with E-state index >= 15 is 0 Å². The number of terminal acetylenes is 1. The first-order valence-corrected chi connectivity index (χ1v) is 3.35. The molecule has 1 atom stereocenters. The number of hydrogen-bond donors (Lipinski definition) is 1. The molecule has 0 aliphatic rings. The summed E-state index contributed by atoms with van der Waals surface area (Å²) in [5, 5.41) is 11.3. The summed E-state index contributed by atoms with van der Waals surface area (Å²) in [4.78, 5) is 0. The molecule has 0 bridgehead atoms. The van der Waals surface area contributed by atoms with E-state index in [2.05, 4.69) is 17.3 Å². The van der Waals surface area contributed by atoms with Crippen molar-refractivity contribution in [2.24, 2.45) is 0 Å². The summed E-state index contributed by atoms with van der Waals surface area (Å²) in [5.41, 5.74) is 0. The van der Waals surface area contributed by atoms with Gasteiger partial charge in [-0.25, -0.2) is 0 Å². The molecule has 0 heterocycles. The molecular weight excluding hydrogens is 124 g/mol. The van der Waals surface area contributed by atoms with Gasteiger partial charge in [-0.1, -0.05) is 0 Å². The van der Waals surface area contributed by atoms with E-state index in [-0.39, 0.29) is 0 Å². The van der Waals surface area contributed by atoms with E-state index < -0.39 is 0 Å². The van der Waals surface area contributed by atoms with Crippen molar-refractivity contribution in [1.82, 2.24) is 5.32 Å². The zero-order chi connectivity index (χ0) is 7.82. The molecule has 2 nitrogen and oxygen atoms in total. The average Bonchev–Trinajstić information content (AvgIpc) is 1.89. The van der Waals surface area contributed by atoms with Crippen LogP contribution in [0.5, 0.6) is 0 Å². The standard InChI is InChI=1S/C8H12N2/c1-3-5-8(2)10-7-4-6-9/h1,8,10H,4-5,7H2,2H3. The quantitative estimate of drug-likeness (QED) is 0.460. The third kappa shape index (κ3) is 5.15. The van der Waals surface area contributed by atoms with Gasteiger partial charge in [0.25, 0.3) is 0 Å². The predicted octanol–water partition coefficient (Wildman–Crippen LogP) is 0.901. The normalized spacial score (nSPS) is 11.5. The second-order valence-corrected chi connectivity index (χ2v) is 2.17. The minimum atomic E-state index is 0.332. The lowest BCUT2D eigenvalue weighted by atomic mass is 10.2. The van der Waals surface area contributed by atoms with Gasteiger partial charge in [0.15, 0.2) is 0 Å². The highest BCUT2D eigenvalue weighted by Gasteiger charge is 1.95. The molecule has 0 spiro atoms. The van der Waals surface area contributed by atoms with Crippen molar-refractivity contribution in [2.45, 2.75) is 25.8 Å². The van der Waals surface area contributed by atoms with Crippen LogP contribution in [-0.2, 0) is 0 Å². The smallest absolute Gasteiger partial charge is 0.0635 e. The Balaban J connectivity index is 3.16. The molecular formula is C8H12N2. The van der Waals surface area contributed by atoms with Crippen molar-refractivity contribution in [1.29, 1.82) is 5.26 Å². The predicted molar refractivity (Wildman–Crippen MR) is 41.1 cm³/mol. The lowest BCUT2D eigenvalue weighted by Crippen LogP contribution is -2.26. The summed E-state index contributed by atoms with van der Waals surface area (Å²) in [5.74, 6) is 2.55. The molecule has 0 aromatic carbocycles. The number of nitrogens with one attached hydrogen (secondary N) is 1. The molecule has 0 aromatic heterocycles. The van der Waals surface area contributed by atoms with Crippen LogP contribution in [-0.4, -0.2) is 12.6 Å². The van der Waals surface area contributed by atoms with Crippen molar-refractivity contribution in [3.63, 3.8) is 0 Å². The Morgan fingerprint density at radius 2 is 2.40 bits per heavy atom.